The summed E-state index contributed by atoms with van der Waals surface area (Å²) in [6.07, 6.45) is 0. The highest BCUT2D eigenvalue weighted by Crippen LogP contribution is 2.44. The summed E-state index contributed by atoms with van der Waals surface area (Å²) in [5.41, 5.74) is 6.31. The first-order chi connectivity index (χ1) is 23.2. The highest BCUT2D eigenvalue weighted by molar-refractivity contribution is 7.85. The third-order valence-corrected chi connectivity index (χ3v) is 12.3. The summed E-state index contributed by atoms with van der Waals surface area (Å²) in [6.45, 7) is 0. The van der Waals surface area contributed by atoms with Gasteiger partial charge in [-0.25, -0.2) is 4.98 Å². The van der Waals surface area contributed by atoms with Crippen molar-refractivity contribution in [2.75, 3.05) is 0 Å². The Morgan fingerprint density at radius 1 is 0.426 bits per heavy atom. The molecule has 4 heteroatoms. The number of aromatic nitrogens is 2. The number of benzene rings is 7. The van der Waals surface area contributed by atoms with Crippen LogP contribution in [-0.4, -0.2) is 9.55 Å². The van der Waals surface area contributed by atoms with Crippen molar-refractivity contribution in [3.05, 3.63) is 176 Å². The maximum absolute atomic E-state index is 15.0. The fraction of sp³-hybridized carbons (Fsp3) is 0. The van der Waals surface area contributed by atoms with Crippen molar-refractivity contribution in [2.45, 2.75) is 0 Å². The molecule has 0 saturated heterocycles. The minimum Gasteiger partial charge on any atom is -0.309 e. The van der Waals surface area contributed by atoms with Crippen LogP contribution >= 0.6 is 7.14 Å². The summed E-state index contributed by atoms with van der Waals surface area (Å²) in [5, 5.41) is 8.20. The number of hydrogen-bond acceptors (Lipinski definition) is 2. The van der Waals surface area contributed by atoms with Crippen molar-refractivity contribution >= 4 is 66.5 Å². The van der Waals surface area contributed by atoms with E-state index in [9.17, 15) is 0 Å². The fourth-order valence-electron chi connectivity index (χ4n) is 7.04. The standard InChI is InChI=1S/C43H29N2OP/c46-47(32-16-6-2-7-17-32,33-18-8-3-9-19-33)34-26-24-30(25-27-34)43-39-28-38-36-21-11-13-23-41(36)45(31-14-4-1-5-15-31)42(38)29-37(39)35-20-10-12-22-40(35)44-43/h1-29H. The zero-order chi connectivity index (χ0) is 31.4. The molecule has 0 saturated carbocycles. The number of nitrogens with zero attached hydrogens (tertiary/aromatic N) is 2. The third-order valence-electron chi connectivity index (χ3n) is 9.25. The fourth-order valence-corrected chi connectivity index (χ4v) is 9.69. The molecule has 9 rings (SSSR count). The van der Waals surface area contributed by atoms with Gasteiger partial charge >= 0.3 is 0 Å². The van der Waals surface area contributed by atoms with Gasteiger partial charge in [0.1, 0.15) is 0 Å². The van der Waals surface area contributed by atoms with Gasteiger partial charge in [0.15, 0.2) is 7.14 Å². The molecule has 9 aromatic rings. The van der Waals surface area contributed by atoms with Gasteiger partial charge in [0, 0.05) is 48.7 Å². The second-order valence-corrected chi connectivity index (χ2v) is 14.7. The molecular formula is C43H29N2OP. The lowest BCUT2D eigenvalue weighted by atomic mass is 9.98. The molecule has 2 aromatic heterocycles. The van der Waals surface area contributed by atoms with Crippen LogP contribution in [0.4, 0.5) is 0 Å². The molecule has 0 unspecified atom stereocenters. The predicted molar refractivity (Wildman–Crippen MR) is 198 cm³/mol. The van der Waals surface area contributed by atoms with Crippen molar-refractivity contribution < 1.29 is 4.57 Å². The molecule has 2 heterocycles. The van der Waals surface area contributed by atoms with Gasteiger partial charge in [-0.15, -0.1) is 0 Å². The van der Waals surface area contributed by atoms with Crippen molar-refractivity contribution in [3.8, 4) is 16.9 Å². The smallest absolute Gasteiger partial charge is 0.171 e. The molecule has 7 aromatic carbocycles. The maximum Gasteiger partial charge on any atom is 0.171 e. The second-order valence-electron chi connectivity index (χ2n) is 11.9. The molecule has 0 aliphatic heterocycles. The highest BCUT2D eigenvalue weighted by atomic mass is 31.2. The number of rotatable bonds is 5. The van der Waals surface area contributed by atoms with E-state index in [1.54, 1.807) is 0 Å². The van der Waals surface area contributed by atoms with E-state index < -0.39 is 7.14 Å². The molecule has 3 nitrogen and oxygen atoms in total. The average molecular weight is 621 g/mol. The molecule has 47 heavy (non-hydrogen) atoms. The normalized spacial score (nSPS) is 11.9. The zero-order valence-electron chi connectivity index (χ0n) is 25.5. The lowest BCUT2D eigenvalue weighted by Gasteiger charge is -2.20. The molecule has 0 radical (unpaired) electrons. The number of para-hydroxylation sites is 3. The summed E-state index contributed by atoms with van der Waals surface area (Å²) >= 11 is 0. The second kappa shape index (κ2) is 10.9. The number of pyridine rings is 1. The first-order valence-electron chi connectivity index (χ1n) is 15.8. The number of hydrogen-bond donors (Lipinski definition) is 0. The Kier molecular flexibility index (Phi) is 6.41. The molecule has 0 amide bonds. The monoisotopic (exact) mass is 620 g/mol. The predicted octanol–water partition coefficient (Wildman–Crippen LogP) is 9.79. The largest absolute Gasteiger partial charge is 0.309 e. The Balaban J connectivity index is 1.29. The van der Waals surface area contributed by atoms with Crippen molar-refractivity contribution in [1.29, 1.82) is 0 Å². The Morgan fingerprint density at radius 3 is 1.66 bits per heavy atom. The van der Waals surface area contributed by atoms with Crippen LogP contribution in [0.25, 0.3) is 60.4 Å². The molecule has 0 fully saturated rings. The molecule has 0 bridgehead atoms. The first-order valence-corrected chi connectivity index (χ1v) is 17.5. The molecule has 222 valence electrons. The maximum atomic E-state index is 15.0. The van der Waals surface area contributed by atoms with Gasteiger partial charge in [-0.1, -0.05) is 140 Å². The van der Waals surface area contributed by atoms with Crippen LogP contribution in [0.2, 0.25) is 0 Å². The lowest BCUT2D eigenvalue weighted by Crippen LogP contribution is -2.24. The summed E-state index contributed by atoms with van der Waals surface area (Å²) < 4.78 is 17.4. The Labute approximate surface area is 272 Å². The summed E-state index contributed by atoms with van der Waals surface area (Å²) in [4.78, 5) is 5.26. The molecular weight excluding hydrogens is 591 g/mol. The van der Waals surface area contributed by atoms with Crippen molar-refractivity contribution in [3.63, 3.8) is 0 Å². The first kappa shape index (κ1) is 27.5. The molecule has 0 N–H and O–H groups in total. The van der Waals surface area contributed by atoms with E-state index in [0.717, 1.165) is 60.1 Å². The van der Waals surface area contributed by atoms with Gasteiger partial charge in [0.25, 0.3) is 0 Å². The minimum atomic E-state index is -3.08. The van der Waals surface area contributed by atoms with E-state index in [-0.39, 0.29) is 0 Å². The van der Waals surface area contributed by atoms with Crippen LogP contribution in [0.15, 0.2) is 176 Å². The van der Waals surface area contributed by atoms with E-state index in [4.69, 9.17) is 4.98 Å². The van der Waals surface area contributed by atoms with Crippen LogP contribution in [0.5, 0.6) is 0 Å². The zero-order valence-corrected chi connectivity index (χ0v) is 26.4. The van der Waals surface area contributed by atoms with E-state index in [0.29, 0.717) is 0 Å². The topological polar surface area (TPSA) is 34.9 Å². The molecule has 0 aliphatic carbocycles. The molecule has 0 aliphatic rings. The van der Waals surface area contributed by atoms with E-state index in [1.165, 1.54) is 16.3 Å². The minimum absolute atomic E-state index is 0.803. The third kappa shape index (κ3) is 4.35. The molecule has 0 spiro atoms. The van der Waals surface area contributed by atoms with E-state index in [1.807, 2.05) is 78.9 Å². The SMILES string of the molecule is O=P(c1ccccc1)(c1ccccc1)c1ccc(-c2nc3ccccc3c3cc4c(cc23)c2ccccc2n4-c2ccccc2)cc1. The van der Waals surface area contributed by atoms with Gasteiger partial charge in [-0.2, -0.15) is 0 Å². The Bertz CT molecular complexity index is 2590. The van der Waals surface area contributed by atoms with Crippen LogP contribution in [-0.2, 0) is 4.57 Å². The van der Waals surface area contributed by atoms with Crippen LogP contribution in [0.1, 0.15) is 0 Å². The van der Waals surface area contributed by atoms with Crippen LogP contribution in [0, 0.1) is 0 Å². The van der Waals surface area contributed by atoms with E-state index >= 15 is 4.57 Å². The Morgan fingerprint density at radius 2 is 0.979 bits per heavy atom. The summed E-state index contributed by atoms with van der Waals surface area (Å²) in [7, 11) is -3.08. The quantitative estimate of drug-likeness (QED) is 0.142. The van der Waals surface area contributed by atoms with Gasteiger partial charge < -0.3 is 9.13 Å². The van der Waals surface area contributed by atoms with Crippen LogP contribution < -0.4 is 15.9 Å². The molecule has 0 atom stereocenters. The van der Waals surface area contributed by atoms with Gasteiger partial charge in [-0.05, 0) is 41.8 Å². The van der Waals surface area contributed by atoms with Gasteiger partial charge in [-0.3, -0.25) is 0 Å². The summed E-state index contributed by atoms with van der Waals surface area (Å²) in [6, 6.07) is 60.1. The van der Waals surface area contributed by atoms with E-state index in [2.05, 4.69) is 102 Å². The Hall–Kier alpha value is -5.76. The lowest BCUT2D eigenvalue weighted by molar-refractivity contribution is 0.592. The van der Waals surface area contributed by atoms with Crippen LogP contribution in [0.3, 0.4) is 0 Å². The summed E-state index contributed by atoms with van der Waals surface area (Å²) in [5.74, 6) is 0. The number of fused-ring (bicyclic) bond motifs is 6. The van der Waals surface area contributed by atoms with Crippen molar-refractivity contribution in [1.82, 2.24) is 9.55 Å². The average Bonchev–Trinajstić information content (AvgIpc) is 3.48. The van der Waals surface area contributed by atoms with Crippen molar-refractivity contribution in [2.24, 2.45) is 0 Å². The highest BCUT2D eigenvalue weighted by Gasteiger charge is 2.29. The van der Waals surface area contributed by atoms with Gasteiger partial charge in [0.05, 0.1) is 22.2 Å². The van der Waals surface area contributed by atoms with Gasteiger partial charge in [0.2, 0.25) is 0 Å².